The van der Waals surface area contributed by atoms with Crippen LogP contribution >= 0.6 is 15.9 Å². The van der Waals surface area contributed by atoms with Gasteiger partial charge < -0.3 is 4.79 Å². The lowest BCUT2D eigenvalue weighted by Gasteiger charge is -2.10. The molecule has 0 aromatic carbocycles. The molecule has 0 saturated carbocycles. The van der Waals surface area contributed by atoms with Crippen LogP contribution in [0.5, 0.6) is 0 Å². The molecule has 1 rings (SSSR count). The van der Waals surface area contributed by atoms with Crippen molar-refractivity contribution in [2.24, 2.45) is 5.92 Å². The number of allylic oxidation sites excluding steroid dienone is 4. The molecule has 2 heteroatoms. The van der Waals surface area contributed by atoms with Gasteiger partial charge in [-0.3, -0.25) is 0 Å². The van der Waals surface area contributed by atoms with Gasteiger partial charge in [0.15, 0.2) is 0 Å². The minimum atomic E-state index is 0. The van der Waals surface area contributed by atoms with Crippen molar-refractivity contribution >= 4 is 22.2 Å². The summed E-state index contributed by atoms with van der Waals surface area (Å²) in [6.07, 6.45) is 5.85. The molecule has 0 fully saturated rings. The summed E-state index contributed by atoms with van der Waals surface area (Å²) < 4.78 is 1.05. The number of rotatable bonds is 1. The molecule has 110 valence electrons. The van der Waals surface area contributed by atoms with Gasteiger partial charge in [-0.15, -0.1) is 0 Å². The molecule has 0 bridgehead atoms. The summed E-state index contributed by atoms with van der Waals surface area (Å²) in [5.74, 6) is 0.0816. The molecule has 0 aromatic heterocycles. The van der Waals surface area contributed by atoms with Crippen LogP contribution in [0, 0.1) is 5.92 Å². The van der Waals surface area contributed by atoms with Gasteiger partial charge in [0.25, 0.3) is 0 Å². The van der Waals surface area contributed by atoms with Gasteiger partial charge in [0, 0.05) is 10.4 Å². The number of aldehydes is 1. The predicted octanol–water partition coefficient (Wildman–Crippen LogP) is 6.88. The maximum absolute atomic E-state index is 10.3. The molecule has 0 heterocycles. The second kappa shape index (κ2) is 21.0. The van der Waals surface area contributed by atoms with Crippen molar-refractivity contribution in [2.45, 2.75) is 65.3 Å². The lowest BCUT2D eigenvalue weighted by atomic mass is 9.99. The van der Waals surface area contributed by atoms with Gasteiger partial charge in [-0.25, -0.2) is 0 Å². The van der Waals surface area contributed by atoms with Gasteiger partial charge in [0.05, 0.1) is 0 Å². The van der Waals surface area contributed by atoms with E-state index in [1.54, 1.807) is 0 Å². The number of halogens is 1. The summed E-state index contributed by atoms with van der Waals surface area (Å²) in [4.78, 5) is 10.3. The molecule has 0 N–H and O–H groups in total. The first-order valence-electron chi connectivity index (χ1n) is 3.24. The lowest BCUT2D eigenvalue weighted by molar-refractivity contribution is -0.109. The monoisotopic (exact) mass is 312 g/mol. The fourth-order valence-electron chi connectivity index (χ4n) is 0.893. The van der Waals surface area contributed by atoms with Gasteiger partial charge in [-0.2, -0.15) is 0 Å². The van der Waals surface area contributed by atoms with Crippen LogP contribution < -0.4 is 0 Å². The highest BCUT2D eigenvalue weighted by Gasteiger charge is 2.09. The van der Waals surface area contributed by atoms with E-state index in [0.29, 0.717) is 0 Å². The summed E-state index contributed by atoms with van der Waals surface area (Å²) in [6, 6.07) is 0. The summed E-state index contributed by atoms with van der Waals surface area (Å²) >= 11 is 3.37. The molecule has 1 aliphatic carbocycles. The standard InChI is InChI=1S/C8H9BrO.7CH4/c1-6-2-3-7(5-10)4-8(6)9;;;;;;;/h2,4-5,7H,3H2,1H3;7*1H4. The van der Waals surface area contributed by atoms with Crippen molar-refractivity contribution < 1.29 is 4.79 Å². The molecule has 0 aromatic rings. The largest absolute Gasteiger partial charge is 0.303 e. The van der Waals surface area contributed by atoms with Crippen LogP contribution in [0.25, 0.3) is 0 Å². The zero-order valence-electron chi connectivity index (χ0n) is 5.80. The van der Waals surface area contributed by atoms with Crippen molar-refractivity contribution in [1.29, 1.82) is 0 Å². The third kappa shape index (κ3) is 13.6. The number of carbonyl (C=O) groups excluding carboxylic acids is 1. The zero-order valence-corrected chi connectivity index (χ0v) is 7.39. The van der Waals surface area contributed by atoms with Crippen LogP contribution in [0.1, 0.15) is 65.3 Å². The number of carbonyl (C=O) groups is 1. The quantitative estimate of drug-likeness (QED) is 0.482. The molecular formula is C15H37BrO. The van der Waals surface area contributed by atoms with E-state index in [1.165, 1.54) is 5.57 Å². The van der Waals surface area contributed by atoms with E-state index in [2.05, 4.69) is 22.0 Å². The minimum absolute atomic E-state index is 0. The Morgan fingerprint density at radius 1 is 1.12 bits per heavy atom. The molecule has 0 saturated heterocycles. The summed E-state index contributed by atoms with van der Waals surface area (Å²) in [7, 11) is 0. The first-order valence-corrected chi connectivity index (χ1v) is 4.03. The van der Waals surface area contributed by atoms with Crippen LogP contribution in [-0.4, -0.2) is 6.29 Å². The van der Waals surface area contributed by atoms with Crippen LogP contribution in [0.3, 0.4) is 0 Å². The summed E-state index contributed by atoms with van der Waals surface area (Å²) in [5, 5.41) is 0. The third-order valence-corrected chi connectivity index (χ3v) is 2.50. The predicted molar refractivity (Wildman–Crippen MR) is 92.1 cm³/mol. The Labute approximate surface area is 121 Å². The highest BCUT2D eigenvalue weighted by Crippen LogP contribution is 2.25. The Morgan fingerprint density at radius 2 is 1.53 bits per heavy atom. The van der Waals surface area contributed by atoms with Crippen LogP contribution in [-0.2, 0) is 4.79 Å². The molecule has 0 radical (unpaired) electrons. The second-order valence-corrected chi connectivity index (χ2v) is 3.29. The molecule has 0 amide bonds. The fourth-order valence-corrected chi connectivity index (χ4v) is 1.39. The van der Waals surface area contributed by atoms with E-state index in [9.17, 15) is 4.79 Å². The summed E-state index contributed by atoms with van der Waals surface area (Å²) in [6.45, 7) is 2.03. The fraction of sp³-hybridized carbons (Fsp3) is 0.667. The van der Waals surface area contributed by atoms with E-state index in [0.717, 1.165) is 17.2 Å². The first-order chi connectivity index (χ1) is 4.74. The zero-order chi connectivity index (χ0) is 7.56. The van der Waals surface area contributed by atoms with Crippen LogP contribution in [0.2, 0.25) is 0 Å². The molecule has 1 nitrogen and oxygen atoms in total. The molecule has 17 heavy (non-hydrogen) atoms. The third-order valence-electron chi connectivity index (χ3n) is 1.61. The molecule has 1 unspecified atom stereocenters. The molecule has 0 aliphatic heterocycles. The van der Waals surface area contributed by atoms with Gasteiger partial charge >= 0.3 is 0 Å². The minimum Gasteiger partial charge on any atom is -0.303 e. The van der Waals surface area contributed by atoms with Crippen molar-refractivity contribution in [3.05, 3.63) is 22.2 Å². The molecule has 0 spiro atoms. The normalized spacial score (nSPS) is 14.8. The second-order valence-electron chi connectivity index (χ2n) is 2.44. The van der Waals surface area contributed by atoms with Gasteiger partial charge in [-0.1, -0.05) is 80.1 Å². The molecule has 1 atom stereocenters. The smallest absolute Gasteiger partial charge is 0.127 e. The van der Waals surface area contributed by atoms with Gasteiger partial charge in [-0.05, 0) is 18.9 Å². The molecule has 1 aliphatic rings. The van der Waals surface area contributed by atoms with Crippen molar-refractivity contribution in [3.8, 4) is 0 Å². The van der Waals surface area contributed by atoms with E-state index >= 15 is 0 Å². The van der Waals surface area contributed by atoms with Crippen molar-refractivity contribution in [1.82, 2.24) is 0 Å². The topological polar surface area (TPSA) is 17.1 Å². The van der Waals surface area contributed by atoms with Crippen LogP contribution in [0.15, 0.2) is 22.2 Å². The van der Waals surface area contributed by atoms with Crippen molar-refractivity contribution in [3.63, 3.8) is 0 Å². The van der Waals surface area contributed by atoms with E-state index in [-0.39, 0.29) is 57.9 Å². The average molecular weight is 313 g/mol. The first kappa shape index (κ1) is 43.8. The Kier molecular flexibility index (Phi) is 54.0. The maximum atomic E-state index is 10.3. The Morgan fingerprint density at radius 3 is 1.82 bits per heavy atom. The molecular weight excluding hydrogens is 276 g/mol. The number of hydrogen-bond acceptors (Lipinski definition) is 1. The highest BCUT2D eigenvalue weighted by molar-refractivity contribution is 9.12. The highest BCUT2D eigenvalue weighted by atomic mass is 79.9. The van der Waals surface area contributed by atoms with E-state index < -0.39 is 0 Å². The van der Waals surface area contributed by atoms with Gasteiger partial charge in [0.2, 0.25) is 0 Å². The van der Waals surface area contributed by atoms with Crippen LogP contribution in [0.4, 0.5) is 0 Å². The maximum Gasteiger partial charge on any atom is 0.127 e. The average Bonchev–Trinajstić information content (AvgIpc) is 1.95. The number of hydrogen-bond donors (Lipinski definition) is 0. The van der Waals surface area contributed by atoms with E-state index in [4.69, 9.17) is 0 Å². The Bertz CT molecular complexity index is 205. The summed E-state index contributed by atoms with van der Waals surface area (Å²) in [5.41, 5.74) is 1.22. The Hall–Kier alpha value is -0.370. The lowest BCUT2D eigenvalue weighted by Crippen LogP contribution is -2.01. The van der Waals surface area contributed by atoms with Crippen molar-refractivity contribution in [2.75, 3.05) is 0 Å². The Balaban J connectivity index is -0.0000000286. The van der Waals surface area contributed by atoms with E-state index in [1.807, 2.05) is 13.0 Å². The SMILES string of the molecule is C.C.C.C.C.C.C.CC1=CCC(C=O)C=C1Br. The van der Waals surface area contributed by atoms with Gasteiger partial charge in [0.1, 0.15) is 6.29 Å².